The Balaban J connectivity index is 2.01. The van der Waals surface area contributed by atoms with E-state index in [9.17, 15) is 36.6 Å². The topological polar surface area (TPSA) is 78.3 Å². The summed E-state index contributed by atoms with van der Waals surface area (Å²) in [6, 6.07) is 1.35. The second-order valence-corrected chi connectivity index (χ2v) is 7.42. The number of aliphatic hydroxyl groups is 1. The lowest BCUT2D eigenvalue weighted by atomic mass is 9.77. The van der Waals surface area contributed by atoms with Gasteiger partial charge in [0.25, 0.3) is 0 Å². The van der Waals surface area contributed by atoms with Crippen molar-refractivity contribution in [1.82, 2.24) is 10.2 Å². The molecule has 0 saturated heterocycles. The molecule has 5 nitrogen and oxygen atoms in total. The lowest BCUT2D eigenvalue weighted by molar-refractivity contribution is -0.138. The number of halogens is 6. The molecule has 0 unspecified atom stereocenters. The van der Waals surface area contributed by atoms with Crippen LogP contribution in [0.15, 0.2) is 18.2 Å². The molecule has 0 spiro atoms. The predicted octanol–water partition coefficient (Wildman–Crippen LogP) is 4.52. The quantitative estimate of drug-likeness (QED) is 0.636. The van der Waals surface area contributed by atoms with Gasteiger partial charge in [0.2, 0.25) is 0 Å². The molecule has 1 aromatic heterocycles. The second kappa shape index (κ2) is 6.75. The monoisotopic (exact) mass is 421 g/mol. The van der Waals surface area contributed by atoms with E-state index in [-0.39, 0.29) is 24.0 Å². The molecule has 1 fully saturated rings. The summed E-state index contributed by atoms with van der Waals surface area (Å²) in [5.41, 5.74) is -4.05. The zero-order chi connectivity index (χ0) is 21.8. The summed E-state index contributed by atoms with van der Waals surface area (Å²) in [5.74, 6) is -1.40. The van der Waals surface area contributed by atoms with Crippen LogP contribution in [-0.2, 0) is 12.4 Å². The molecule has 3 N–H and O–H groups in total. The summed E-state index contributed by atoms with van der Waals surface area (Å²) in [6.45, 7) is 2.78. The van der Waals surface area contributed by atoms with E-state index in [1.54, 1.807) is 6.92 Å². The van der Waals surface area contributed by atoms with Crippen molar-refractivity contribution in [2.75, 3.05) is 5.32 Å². The summed E-state index contributed by atoms with van der Waals surface area (Å²) < 4.78 is 79.1. The molecule has 0 atom stereocenters. The number of benzene rings is 1. The summed E-state index contributed by atoms with van der Waals surface area (Å²) in [6.07, 6.45) is -9.09. The Labute approximate surface area is 161 Å². The van der Waals surface area contributed by atoms with Crippen molar-refractivity contribution in [3.8, 4) is 17.0 Å². The highest BCUT2D eigenvalue weighted by molar-refractivity contribution is 5.72. The molecule has 3 rings (SSSR count). The van der Waals surface area contributed by atoms with Crippen LogP contribution in [0.25, 0.3) is 11.3 Å². The number of nitrogens with one attached hydrogen (secondary N) is 1. The first-order chi connectivity index (χ1) is 13.2. The molecule has 29 heavy (non-hydrogen) atoms. The third kappa shape index (κ3) is 4.39. The van der Waals surface area contributed by atoms with Crippen molar-refractivity contribution in [3.05, 3.63) is 34.9 Å². The van der Waals surface area contributed by atoms with Crippen molar-refractivity contribution >= 4 is 5.82 Å². The van der Waals surface area contributed by atoms with E-state index >= 15 is 0 Å². The summed E-state index contributed by atoms with van der Waals surface area (Å²) in [7, 11) is 0. The number of alkyl halides is 6. The Morgan fingerprint density at radius 1 is 1.03 bits per heavy atom. The van der Waals surface area contributed by atoms with Gasteiger partial charge >= 0.3 is 12.4 Å². The van der Waals surface area contributed by atoms with Gasteiger partial charge in [-0.2, -0.15) is 26.3 Å². The van der Waals surface area contributed by atoms with Crippen molar-refractivity contribution in [1.29, 1.82) is 0 Å². The number of phenols is 1. The van der Waals surface area contributed by atoms with E-state index in [0.717, 1.165) is 0 Å². The summed E-state index contributed by atoms with van der Waals surface area (Å²) in [5, 5.41) is 29.5. The van der Waals surface area contributed by atoms with E-state index in [1.807, 2.05) is 0 Å². The lowest BCUT2D eigenvalue weighted by Gasteiger charge is -2.41. The van der Waals surface area contributed by atoms with Crippen LogP contribution in [-0.4, -0.2) is 32.1 Å². The molecule has 0 aliphatic heterocycles. The van der Waals surface area contributed by atoms with Crippen LogP contribution in [0.5, 0.6) is 5.75 Å². The zero-order valence-corrected chi connectivity index (χ0v) is 15.3. The van der Waals surface area contributed by atoms with Crippen LogP contribution in [0.4, 0.5) is 32.2 Å². The Kier molecular flexibility index (Phi) is 4.93. The maximum atomic E-state index is 13.5. The number of rotatable bonds is 3. The number of nitrogens with zero attached hydrogens (tertiary/aromatic N) is 2. The Morgan fingerprint density at radius 2 is 1.66 bits per heavy atom. The van der Waals surface area contributed by atoms with E-state index in [1.165, 1.54) is 6.92 Å². The molecular formula is C18H17F6N3O2. The highest BCUT2D eigenvalue weighted by Gasteiger charge is 2.41. The van der Waals surface area contributed by atoms with Crippen LogP contribution in [0.3, 0.4) is 0 Å². The van der Waals surface area contributed by atoms with Gasteiger partial charge in [-0.1, -0.05) is 0 Å². The molecule has 11 heteroatoms. The fourth-order valence-corrected chi connectivity index (χ4v) is 3.40. The number of anilines is 1. The molecule has 1 aromatic carbocycles. The molecule has 2 aromatic rings. The highest BCUT2D eigenvalue weighted by Crippen LogP contribution is 2.42. The predicted molar refractivity (Wildman–Crippen MR) is 91.1 cm³/mol. The van der Waals surface area contributed by atoms with Gasteiger partial charge in [0.15, 0.2) is 5.82 Å². The maximum absolute atomic E-state index is 13.5. The SMILES string of the molecule is Cc1cc(C(F)(F)F)cc(O)c1-c1cc(C(F)(F)F)c(N[C@H]2C[C@@](C)(O)C2)nn1. The average Bonchev–Trinajstić information content (AvgIpc) is 2.51. The lowest BCUT2D eigenvalue weighted by Crippen LogP contribution is -2.48. The third-order valence-corrected chi connectivity index (χ3v) is 4.71. The first-order valence-electron chi connectivity index (χ1n) is 8.52. The number of hydrogen-bond donors (Lipinski definition) is 3. The molecule has 0 bridgehead atoms. The summed E-state index contributed by atoms with van der Waals surface area (Å²) >= 11 is 0. The van der Waals surface area contributed by atoms with E-state index < -0.39 is 52.4 Å². The van der Waals surface area contributed by atoms with Gasteiger partial charge < -0.3 is 15.5 Å². The van der Waals surface area contributed by atoms with Gasteiger partial charge in [-0.25, -0.2) is 0 Å². The number of hydrogen-bond acceptors (Lipinski definition) is 5. The molecule has 1 aliphatic carbocycles. The van der Waals surface area contributed by atoms with Crippen molar-refractivity contribution in [2.24, 2.45) is 0 Å². The van der Waals surface area contributed by atoms with Crippen LogP contribution in [0, 0.1) is 6.92 Å². The Hall–Kier alpha value is -2.56. The number of aryl methyl sites for hydroxylation is 1. The standard InChI is InChI=1S/C18H17F6N3O2/c1-8-3-9(17(19,20)21)4-13(28)14(8)12-5-11(18(22,23)24)15(27-26-12)25-10-6-16(2,29)7-10/h3-5,10,28-29H,6-7H2,1-2H3,(H,25,27)/t10-,16+. The van der Waals surface area contributed by atoms with Gasteiger partial charge in [-0.05, 0) is 50.5 Å². The average molecular weight is 421 g/mol. The van der Waals surface area contributed by atoms with Crippen molar-refractivity contribution in [3.63, 3.8) is 0 Å². The van der Waals surface area contributed by atoms with Gasteiger partial charge in [0, 0.05) is 11.6 Å². The zero-order valence-electron chi connectivity index (χ0n) is 15.3. The molecule has 0 radical (unpaired) electrons. The van der Waals surface area contributed by atoms with E-state index in [0.29, 0.717) is 18.2 Å². The Morgan fingerprint density at radius 3 is 2.14 bits per heavy atom. The first kappa shape index (κ1) is 21.2. The summed E-state index contributed by atoms with van der Waals surface area (Å²) in [4.78, 5) is 0. The molecule has 1 heterocycles. The Bertz CT molecular complexity index is 909. The number of phenolic OH excluding ortho intramolecular Hbond substituents is 1. The number of aromatic nitrogens is 2. The van der Waals surface area contributed by atoms with Gasteiger partial charge in [0.05, 0.1) is 16.9 Å². The van der Waals surface area contributed by atoms with Gasteiger partial charge in [-0.15, -0.1) is 10.2 Å². The first-order valence-corrected chi connectivity index (χ1v) is 8.52. The van der Waals surface area contributed by atoms with Gasteiger partial charge in [-0.3, -0.25) is 0 Å². The molecule has 1 aliphatic rings. The third-order valence-electron chi connectivity index (χ3n) is 4.71. The largest absolute Gasteiger partial charge is 0.507 e. The van der Waals surface area contributed by atoms with Crippen LogP contribution in [0.2, 0.25) is 0 Å². The fourth-order valence-electron chi connectivity index (χ4n) is 3.40. The highest BCUT2D eigenvalue weighted by atomic mass is 19.4. The minimum Gasteiger partial charge on any atom is -0.507 e. The smallest absolute Gasteiger partial charge is 0.420 e. The minimum absolute atomic E-state index is 0.101. The van der Waals surface area contributed by atoms with E-state index in [4.69, 9.17) is 0 Å². The normalized spacial score (nSPS) is 22.3. The van der Waals surface area contributed by atoms with Crippen molar-refractivity contribution in [2.45, 2.75) is 50.7 Å². The van der Waals surface area contributed by atoms with Crippen LogP contribution < -0.4 is 5.32 Å². The second-order valence-electron chi connectivity index (χ2n) is 7.42. The fraction of sp³-hybridized carbons (Fsp3) is 0.444. The van der Waals surface area contributed by atoms with Crippen LogP contribution in [0.1, 0.15) is 36.5 Å². The van der Waals surface area contributed by atoms with Crippen molar-refractivity contribution < 1.29 is 36.6 Å². The van der Waals surface area contributed by atoms with Gasteiger partial charge in [0.1, 0.15) is 11.3 Å². The molecule has 158 valence electrons. The van der Waals surface area contributed by atoms with E-state index in [2.05, 4.69) is 15.5 Å². The minimum atomic E-state index is -4.82. The maximum Gasteiger partial charge on any atom is 0.420 e. The van der Waals surface area contributed by atoms with Crippen LogP contribution >= 0.6 is 0 Å². The molecular weight excluding hydrogens is 404 g/mol. The number of aromatic hydroxyl groups is 1. The molecule has 0 amide bonds. The molecule has 1 saturated carbocycles.